The molecule has 0 aliphatic carbocycles. The Kier molecular flexibility index (Phi) is 6.11. The summed E-state index contributed by atoms with van der Waals surface area (Å²) in [6, 6.07) is 4.25. The Labute approximate surface area is 105 Å². The number of nitrogens with one attached hydrogen (secondary N) is 1. The molecule has 17 heavy (non-hydrogen) atoms. The Morgan fingerprint density at radius 2 is 1.94 bits per heavy atom. The maximum atomic E-state index is 4.47. The van der Waals surface area contributed by atoms with E-state index in [-0.39, 0.29) is 0 Å². The number of nitrogens with zero attached hydrogens (tertiary/aromatic N) is 3. The van der Waals surface area contributed by atoms with Crippen LogP contribution in [-0.2, 0) is 13.1 Å². The molecular formula is C13H24N4. The molecule has 1 heterocycles. The second-order valence-corrected chi connectivity index (χ2v) is 4.73. The van der Waals surface area contributed by atoms with E-state index in [1.54, 1.807) is 0 Å². The van der Waals surface area contributed by atoms with Gasteiger partial charge in [0.2, 0.25) is 0 Å². The highest BCUT2D eigenvalue weighted by molar-refractivity contribution is 5.13. The average molecular weight is 236 g/mol. The summed E-state index contributed by atoms with van der Waals surface area (Å²) >= 11 is 0. The number of hydrogen-bond acceptors (Lipinski definition) is 4. The van der Waals surface area contributed by atoms with Crippen LogP contribution in [0.5, 0.6) is 0 Å². The summed E-state index contributed by atoms with van der Waals surface area (Å²) in [6.45, 7) is 3.93. The van der Waals surface area contributed by atoms with E-state index < -0.39 is 0 Å². The summed E-state index contributed by atoms with van der Waals surface area (Å²) in [6.07, 6.45) is 1.95. The summed E-state index contributed by atoms with van der Waals surface area (Å²) in [7, 11) is 8.27. The minimum absolute atomic E-state index is 0.879. The zero-order valence-corrected chi connectivity index (χ0v) is 11.4. The third-order valence-electron chi connectivity index (χ3n) is 2.63. The molecule has 0 spiro atoms. The molecule has 0 saturated heterocycles. The van der Waals surface area contributed by atoms with Crippen molar-refractivity contribution < 1.29 is 0 Å². The molecule has 0 atom stereocenters. The zero-order valence-electron chi connectivity index (χ0n) is 11.4. The van der Waals surface area contributed by atoms with Crippen LogP contribution >= 0.6 is 0 Å². The fourth-order valence-electron chi connectivity index (χ4n) is 1.58. The van der Waals surface area contributed by atoms with Crippen LogP contribution in [0.15, 0.2) is 18.3 Å². The third kappa shape index (κ3) is 5.77. The van der Waals surface area contributed by atoms with Gasteiger partial charge in [0.1, 0.15) is 0 Å². The zero-order chi connectivity index (χ0) is 12.7. The summed E-state index contributed by atoms with van der Waals surface area (Å²) in [5.74, 6) is 0. The lowest BCUT2D eigenvalue weighted by Crippen LogP contribution is -2.28. The molecule has 4 heteroatoms. The van der Waals surface area contributed by atoms with Gasteiger partial charge in [-0.3, -0.25) is 9.88 Å². The maximum absolute atomic E-state index is 4.47. The highest BCUT2D eigenvalue weighted by atomic mass is 15.1. The normalized spacial score (nSPS) is 11.4. The fourth-order valence-corrected chi connectivity index (χ4v) is 1.58. The standard InChI is InChI=1S/C13H24N4/c1-14-9-12-5-6-13(15-10-12)11-17(4)8-7-16(2)3/h5-6,10,14H,7-9,11H2,1-4H3. The van der Waals surface area contributed by atoms with Crippen LogP contribution in [-0.4, -0.2) is 56.1 Å². The van der Waals surface area contributed by atoms with Crippen molar-refractivity contribution in [1.29, 1.82) is 0 Å². The van der Waals surface area contributed by atoms with Crippen molar-refractivity contribution in [3.05, 3.63) is 29.6 Å². The first-order chi connectivity index (χ1) is 8.11. The van der Waals surface area contributed by atoms with E-state index in [0.29, 0.717) is 0 Å². The van der Waals surface area contributed by atoms with Gasteiger partial charge in [-0.1, -0.05) is 6.07 Å². The predicted octanol–water partition coefficient (Wildman–Crippen LogP) is 0.794. The molecule has 0 amide bonds. The predicted molar refractivity (Wildman–Crippen MR) is 71.9 cm³/mol. The summed E-state index contributed by atoms with van der Waals surface area (Å²) in [4.78, 5) is 8.96. The second-order valence-electron chi connectivity index (χ2n) is 4.73. The average Bonchev–Trinajstić information content (AvgIpc) is 2.29. The molecule has 0 radical (unpaired) electrons. The lowest BCUT2D eigenvalue weighted by atomic mass is 10.2. The van der Waals surface area contributed by atoms with Gasteiger partial charge < -0.3 is 10.2 Å². The molecule has 0 aliphatic heterocycles. The van der Waals surface area contributed by atoms with Gasteiger partial charge in [-0.05, 0) is 39.8 Å². The van der Waals surface area contributed by atoms with Crippen molar-refractivity contribution in [3.63, 3.8) is 0 Å². The molecule has 4 nitrogen and oxygen atoms in total. The van der Waals surface area contributed by atoms with Crippen molar-refractivity contribution in [3.8, 4) is 0 Å². The monoisotopic (exact) mass is 236 g/mol. The topological polar surface area (TPSA) is 31.4 Å². The minimum atomic E-state index is 0.879. The Hall–Kier alpha value is -0.970. The van der Waals surface area contributed by atoms with Crippen molar-refractivity contribution in [2.24, 2.45) is 0 Å². The smallest absolute Gasteiger partial charge is 0.0544 e. The van der Waals surface area contributed by atoms with Gasteiger partial charge >= 0.3 is 0 Å². The van der Waals surface area contributed by atoms with Crippen molar-refractivity contribution in [2.75, 3.05) is 41.3 Å². The number of aromatic nitrogens is 1. The van der Waals surface area contributed by atoms with Gasteiger partial charge in [-0.15, -0.1) is 0 Å². The third-order valence-corrected chi connectivity index (χ3v) is 2.63. The van der Waals surface area contributed by atoms with Crippen molar-refractivity contribution in [1.82, 2.24) is 20.1 Å². The van der Waals surface area contributed by atoms with Gasteiger partial charge in [0, 0.05) is 32.4 Å². The van der Waals surface area contributed by atoms with Gasteiger partial charge in [0.05, 0.1) is 5.69 Å². The molecule has 0 saturated carbocycles. The van der Waals surface area contributed by atoms with E-state index in [0.717, 1.165) is 31.9 Å². The maximum Gasteiger partial charge on any atom is 0.0544 e. The molecule has 1 rings (SSSR count). The van der Waals surface area contributed by atoms with Crippen LogP contribution in [0.2, 0.25) is 0 Å². The van der Waals surface area contributed by atoms with Crippen molar-refractivity contribution in [2.45, 2.75) is 13.1 Å². The van der Waals surface area contributed by atoms with E-state index in [4.69, 9.17) is 0 Å². The fraction of sp³-hybridized carbons (Fsp3) is 0.615. The molecule has 1 N–H and O–H groups in total. The van der Waals surface area contributed by atoms with E-state index in [1.165, 1.54) is 5.56 Å². The lowest BCUT2D eigenvalue weighted by molar-refractivity contribution is 0.274. The van der Waals surface area contributed by atoms with Gasteiger partial charge in [-0.2, -0.15) is 0 Å². The molecule has 1 aromatic rings. The largest absolute Gasteiger partial charge is 0.316 e. The number of rotatable bonds is 7. The van der Waals surface area contributed by atoms with Gasteiger partial charge in [0.15, 0.2) is 0 Å². The Morgan fingerprint density at radius 1 is 1.18 bits per heavy atom. The molecular weight excluding hydrogens is 212 g/mol. The van der Waals surface area contributed by atoms with Crippen LogP contribution in [0.4, 0.5) is 0 Å². The molecule has 0 aromatic carbocycles. The second kappa shape index (κ2) is 7.37. The van der Waals surface area contributed by atoms with E-state index in [2.05, 4.69) is 53.4 Å². The molecule has 1 aromatic heterocycles. The summed E-state index contributed by atoms with van der Waals surface area (Å²) in [5.41, 5.74) is 2.36. The first-order valence-electron chi connectivity index (χ1n) is 6.03. The number of likely N-dealkylation sites (N-methyl/N-ethyl adjacent to an activating group) is 2. The Balaban J connectivity index is 2.40. The molecule has 0 aliphatic rings. The SMILES string of the molecule is CNCc1ccc(CN(C)CCN(C)C)nc1. The molecule has 0 fully saturated rings. The Morgan fingerprint density at radius 3 is 2.47 bits per heavy atom. The van der Waals surface area contributed by atoms with E-state index in [1.807, 2.05) is 13.2 Å². The first kappa shape index (κ1) is 14.1. The summed E-state index contributed by atoms with van der Waals surface area (Å²) < 4.78 is 0. The van der Waals surface area contributed by atoms with Gasteiger partial charge in [-0.25, -0.2) is 0 Å². The number of hydrogen-bond donors (Lipinski definition) is 1. The number of pyridine rings is 1. The first-order valence-corrected chi connectivity index (χ1v) is 6.03. The van der Waals surface area contributed by atoms with Crippen molar-refractivity contribution >= 4 is 0 Å². The van der Waals surface area contributed by atoms with E-state index in [9.17, 15) is 0 Å². The lowest BCUT2D eigenvalue weighted by Gasteiger charge is -2.18. The Bertz CT molecular complexity index is 308. The van der Waals surface area contributed by atoms with Gasteiger partial charge in [0.25, 0.3) is 0 Å². The van der Waals surface area contributed by atoms with Crippen LogP contribution < -0.4 is 5.32 Å². The molecule has 96 valence electrons. The molecule has 0 unspecified atom stereocenters. The summed E-state index contributed by atoms with van der Waals surface area (Å²) in [5, 5.41) is 3.12. The van der Waals surface area contributed by atoms with E-state index >= 15 is 0 Å². The highest BCUT2D eigenvalue weighted by Crippen LogP contribution is 2.02. The minimum Gasteiger partial charge on any atom is -0.316 e. The van der Waals surface area contributed by atoms with Crippen LogP contribution in [0, 0.1) is 0 Å². The quantitative estimate of drug-likeness (QED) is 0.758. The highest BCUT2D eigenvalue weighted by Gasteiger charge is 2.02. The molecule has 0 bridgehead atoms. The van der Waals surface area contributed by atoms with Crippen LogP contribution in [0.1, 0.15) is 11.3 Å². The van der Waals surface area contributed by atoms with Crippen LogP contribution in [0.25, 0.3) is 0 Å². The van der Waals surface area contributed by atoms with Crippen LogP contribution in [0.3, 0.4) is 0 Å².